The molecule has 0 aliphatic heterocycles. The summed E-state index contributed by atoms with van der Waals surface area (Å²) in [4.78, 5) is 9.24. The van der Waals surface area contributed by atoms with Gasteiger partial charge in [-0.05, 0) is 68.7 Å². The van der Waals surface area contributed by atoms with Gasteiger partial charge in [0, 0.05) is 37.2 Å². The summed E-state index contributed by atoms with van der Waals surface area (Å²) in [6.45, 7) is 11.5. The molecule has 0 N–H and O–H groups in total. The third-order valence-electron chi connectivity index (χ3n) is 8.65. The van der Waals surface area contributed by atoms with E-state index in [0.717, 1.165) is 35.4 Å². The number of hydrogen-bond acceptors (Lipinski definition) is 3. The van der Waals surface area contributed by atoms with Gasteiger partial charge in [0.15, 0.2) is 0 Å². The van der Waals surface area contributed by atoms with E-state index in [9.17, 15) is 0 Å². The molecule has 0 saturated heterocycles. The molecule has 239 valence electrons. The number of thiophene rings is 1. The number of fused-ring (bicyclic) bond motifs is 3. The molecule has 0 atom stereocenters. The van der Waals surface area contributed by atoms with Gasteiger partial charge in [0.1, 0.15) is 0 Å². The topological polar surface area (TPSA) is 25.8 Å². The van der Waals surface area contributed by atoms with Crippen LogP contribution >= 0.6 is 11.3 Å². The first-order chi connectivity index (χ1) is 22.4. The summed E-state index contributed by atoms with van der Waals surface area (Å²) in [5.74, 6) is 0.585. The van der Waals surface area contributed by atoms with Crippen LogP contribution in [0.3, 0.4) is 0 Å². The Bertz CT molecular complexity index is 2050. The average molecular weight is 825 g/mol. The van der Waals surface area contributed by atoms with Crippen LogP contribution in [0, 0.1) is 12.1 Å². The molecule has 2 nitrogen and oxygen atoms in total. The van der Waals surface area contributed by atoms with Gasteiger partial charge in [-0.3, -0.25) is 0 Å². The predicted molar refractivity (Wildman–Crippen MR) is 202 cm³/mol. The normalized spacial score (nSPS) is 11.3. The Hall–Kier alpha value is -3.73. The molecule has 4 aromatic carbocycles. The van der Waals surface area contributed by atoms with E-state index in [4.69, 9.17) is 4.98 Å². The van der Waals surface area contributed by atoms with Crippen LogP contribution in [-0.4, -0.2) is 18.0 Å². The molecule has 0 unspecified atom stereocenters. The fourth-order valence-electron chi connectivity index (χ4n) is 5.89. The van der Waals surface area contributed by atoms with Gasteiger partial charge in [0.25, 0.3) is 0 Å². The summed E-state index contributed by atoms with van der Waals surface area (Å²) < 4.78 is 2.58. The smallest absolute Gasteiger partial charge is 0.0795 e. The van der Waals surface area contributed by atoms with Crippen LogP contribution in [0.15, 0.2) is 122 Å². The fourth-order valence-corrected chi connectivity index (χ4v) is 8.17. The van der Waals surface area contributed by atoms with E-state index in [1.165, 1.54) is 42.0 Å². The molecular weight excluding hydrogens is 785 g/mol. The Morgan fingerprint density at radius 3 is 2.17 bits per heavy atom. The van der Waals surface area contributed by atoms with Crippen LogP contribution in [-0.2, 0) is 20.1 Å². The summed E-state index contributed by atoms with van der Waals surface area (Å²) >= 11 is 1.85. The fraction of sp³-hybridized carbons (Fsp3) is 0.190. The zero-order valence-corrected chi connectivity index (χ0v) is 31.9. The van der Waals surface area contributed by atoms with E-state index in [1.54, 1.807) is 0 Å². The third-order valence-corrected chi connectivity index (χ3v) is 11.9. The maximum absolute atomic E-state index is 4.72. The van der Waals surface area contributed by atoms with Gasteiger partial charge in [-0.2, -0.15) is 11.3 Å². The van der Waals surface area contributed by atoms with E-state index in [2.05, 4.69) is 129 Å². The second-order valence-electron chi connectivity index (χ2n) is 12.7. The molecule has 0 spiro atoms. The van der Waals surface area contributed by atoms with E-state index in [-0.39, 0.29) is 20.1 Å². The van der Waals surface area contributed by atoms with Crippen molar-refractivity contribution >= 4 is 44.8 Å². The van der Waals surface area contributed by atoms with E-state index in [0.29, 0.717) is 5.92 Å². The van der Waals surface area contributed by atoms with Crippen molar-refractivity contribution < 1.29 is 20.1 Å². The molecule has 3 aromatic heterocycles. The van der Waals surface area contributed by atoms with Gasteiger partial charge in [-0.1, -0.05) is 105 Å². The van der Waals surface area contributed by atoms with Crippen molar-refractivity contribution in [3.8, 4) is 33.6 Å². The summed E-state index contributed by atoms with van der Waals surface area (Å²) in [5.41, 5.74) is 8.09. The van der Waals surface area contributed by atoms with Crippen molar-refractivity contribution in [2.45, 2.75) is 52.2 Å². The molecule has 5 heteroatoms. The minimum absolute atomic E-state index is 0. The number of hydrogen-bond donors (Lipinski definition) is 0. The molecule has 0 saturated carbocycles. The number of rotatable bonds is 7. The molecule has 0 aliphatic carbocycles. The van der Waals surface area contributed by atoms with Crippen molar-refractivity contribution in [1.29, 1.82) is 0 Å². The van der Waals surface area contributed by atoms with Crippen LogP contribution in [0.4, 0.5) is 0 Å². The van der Waals surface area contributed by atoms with Crippen LogP contribution in [0.25, 0.3) is 53.8 Å². The maximum atomic E-state index is 4.72. The van der Waals surface area contributed by atoms with Gasteiger partial charge >= 0.3 is 0 Å². The Morgan fingerprint density at radius 1 is 0.702 bits per heavy atom. The molecule has 0 bridgehead atoms. The van der Waals surface area contributed by atoms with E-state index < -0.39 is 8.07 Å². The molecule has 7 rings (SSSR count). The Morgan fingerprint density at radius 2 is 1.49 bits per heavy atom. The quantitative estimate of drug-likeness (QED) is 0.118. The van der Waals surface area contributed by atoms with Crippen LogP contribution in [0.2, 0.25) is 19.6 Å². The van der Waals surface area contributed by atoms with Crippen molar-refractivity contribution in [3.63, 3.8) is 0 Å². The molecule has 3 heterocycles. The summed E-state index contributed by atoms with van der Waals surface area (Å²) in [6, 6.07) is 45.0. The van der Waals surface area contributed by atoms with Gasteiger partial charge < -0.3 is 9.97 Å². The Balaban J connectivity index is 0.000000217. The zero-order valence-electron chi connectivity index (χ0n) is 27.7. The molecule has 0 amide bonds. The zero-order chi connectivity index (χ0) is 32.1. The Labute approximate surface area is 298 Å². The van der Waals surface area contributed by atoms with Crippen molar-refractivity contribution in [1.82, 2.24) is 9.97 Å². The first kappa shape index (κ1) is 34.6. The molecule has 0 fully saturated rings. The Kier molecular flexibility index (Phi) is 11.4. The maximum Gasteiger partial charge on any atom is 0.0795 e. The van der Waals surface area contributed by atoms with Crippen molar-refractivity contribution in [2.24, 2.45) is 0 Å². The second kappa shape index (κ2) is 15.4. The third kappa shape index (κ3) is 7.88. The number of nitrogens with zero attached hydrogens (tertiary/aromatic N) is 2. The van der Waals surface area contributed by atoms with Gasteiger partial charge in [0.2, 0.25) is 0 Å². The largest absolute Gasteiger partial charge is 0.305 e. The predicted octanol–water partition coefficient (Wildman–Crippen LogP) is 11.6. The van der Waals surface area contributed by atoms with Crippen molar-refractivity contribution in [2.75, 3.05) is 0 Å². The molecule has 1 radical (unpaired) electrons. The van der Waals surface area contributed by atoms with Crippen LogP contribution in [0.1, 0.15) is 38.2 Å². The first-order valence-corrected chi connectivity index (χ1v) is 20.5. The number of pyridine rings is 2. The second-order valence-corrected chi connectivity index (χ2v) is 18.9. The van der Waals surface area contributed by atoms with Crippen LogP contribution < -0.4 is 5.19 Å². The minimum Gasteiger partial charge on any atom is -0.305 e. The van der Waals surface area contributed by atoms with Gasteiger partial charge in [-0.25, -0.2) is 0 Å². The summed E-state index contributed by atoms with van der Waals surface area (Å²) in [7, 11) is -1.23. The number of aromatic nitrogens is 2. The van der Waals surface area contributed by atoms with Crippen LogP contribution in [0.5, 0.6) is 0 Å². The minimum atomic E-state index is -1.23. The number of benzene rings is 4. The summed E-state index contributed by atoms with van der Waals surface area (Å²) in [5, 5.41) is 3.99. The molecular formula is C42H40IrN2SSi-2. The SMILES string of the molecule is CCC(CC)c1ccnc(-c2[c-]ccc3c2sc2cc(-c4ccccc4)ccc23)c1.C[Si](C)(C)c1ccc(-c2[c-]cccc2)nc1.[Ir]. The van der Waals surface area contributed by atoms with Gasteiger partial charge in [0.05, 0.1) is 8.07 Å². The first-order valence-electron chi connectivity index (χ1n) is 16.2. The van der Waals surface area contributed by atoms with Crippen molar-refractivity contribution in [3.05, 3.63) is 139 Å². The standard InChI is InChI=1S/C28H24NS.C14H16NSi.Ir/c1-3-19(4-2)22-15-16-29-26(17-22)25-12-8-11-24-23-14-13-21(18-27(23)30-28(24)25)20-9-6-5-7-10-20;1-16(2,3)13-9-10-14(15-11-13)12-7-5-4-6-8-12;/h5-11,13-19H,3-4H2,1-2H3;4-7,9-11H,1-3H3;/q2*-1;. The molecule has 0 aliphatic rings. The van der Waals surface area contributed by atoms with E-state index in [1.807, 2.05) is 54.1 Å². The molecule has 7 aromatic rings. The van der Waals surface area contributed by atoms with E-state index >= 15 is 0 Å². The van der Waals surface area contributed by atoms with Gasteiger partial charge in [-0.15, -0.1) is 59.7 Å². The summed E-state index contributed by atoms with van der Waals surface area (Å²) in [6.07, 6.45) is 6.27. The average Bonchev–Trinajstić information content (AvgIpc) is 3.48. The monoisotopic (exact) mass is 825 g/mol. The molecule has 47 heavy (non-hydrogen) atoms.